The van der Waals surface area contributed by atoms with Gasteiger partial charge in [0.1, 0.15) is 33.1 Å². The fourth-order valence-corrected chi connectivity index (χ4v) is 7.00. The zero-order chi connectivity index (χ0) is 25.6. The van der Waals surface area contributed by atoms with Gasteiger partial charge < -0.3 is 10.4 Å². The van der Waals surface area contributed by atoms with Gasteiger partial charge in [0.05, 0.1) is 27.8 Å². The number of fused-ring (bicyclic) bond motifs is 1. The number of anilines is 1. The highest BCUT2D eigenvalue weighted by molar-refractivity contribution is 7.91. The highest BCUT2D eigenvalue weighted by Gasteiger charge is 2.45. The number of aliphatic hydroxyl groups excluding tert-OH is 1. The van der Waals surface area contributed by atoms with Crippen molar-refractivity contribution in [2.24, 2.45) is 0 Å². The zero-order valence-corrected chi connectivity index (χ0v) is 20.8. The molecule has 0 spiro atoms. The number of nitriles is 1. The van der Waals surface area contributed by atoms with Gasteiger partial charge in [0.25, 0.3) is 11.8 Å². The summed E-state index contributed by atoms with van der Waals surface area (Å²) < 4.78 is 24.5. The Morgan fingerprint density at radius 3 is 2.53 bits per heavy atom. The lowest BCUT2D eigenvalue weighted by Gasteiger charge is -2.21. The molecule has 3 heterocycles. The number of nitrogens with one attached hydrogen (secondary N) is 1. The van der Waals surface area contributed by atoms with Crippen LogP contribution in [-0.2, 0) is 19.4 Å². The average Bonchev–Trinajstić information content (AvgIpc) is 3.50. The lowest BCUT2D eigenvalue weighted by atomic mass is 10.1. The molecule has 0 radical (unpaired) electrons. The summed E-state index contributed by atoms with van der Waals surface area (Å²) in [7, 11) is -3.31. The molecule has 2 aliphatic rings. The van der Waals surface area contributed by atoms with E-state index in [1.54, 1.807) is 24.3 Å². The van der Waals surface area contributed by atoms with E-state index in [0.29, 0.717) is 16.3 Å². The number of thiazole rings is 1. The van der Waals surface area contributed by atoms with Crippen LogP contribution in [0.25, 0.3) is 21.5 Å². The van der Waals surface area contributed by atoms with Crippen LogP contribution in [0.4, 0.5) is 5.69 Å². The summed E-state index contributed by atoms with van der Waals surface area (Å²) in [5, 5.41) is 23.3. The first-order chi connectivity index (χ1) is 17.2. The number of hydrogen-bond donors (Lipinski definition) is 2. The van der Waals surface area contributed by atoms with Crippen LogP contribution in [0.1, 0.15) is 17.0 Å². The molecule has 1 atom stereocenters. The molecule has 5 rings (SSSR count). The van der Waals surface area contributed by atoms with Gasteiger partial charge in [0, 0.05) is 11.3 Å². The molecule has 2 amide bonds. The summed E-state index contributed by atoms with van der Waals surface area (Å²) in [5.41, 5.74) is 1.36. The van der Waals surface area contributed by atoms with E-state index in [0.717, 1.165) is 15.1 Å². The number of carbonyl (C=O) groups is 2. The summed E-state index contributed by atoms with van der Waals surface area (Å²) >= 11 is 7.42. The zero-order valence-electron chi connectivity index (χ0n) is 18.4. The molecular formula is C24H17ClN4O5S2. The van der Waals surface area contributed by atoms with Gasteiger partial charge in [-0.25, -0.2) is 13.4 Å². The Balaban J connectivity index is 1.37. The number of amides is 2. The van der Waals surface area contributed by atoms with Gasteiger partial charge in [-0.1, -0.05) is 23.7 Å². The topological polar surface area (TPSA) is 140 Å². The molecule has 3 aromatic rings. The Morgan fingerprint density at radius 2 is 1.89 bits per heavy atom. The number of imide groups is 1. The average molecular weight is 541 g/mol. The Bertz CT molecular complexity index is 1600. The van der Waals surface area contributed by atoms with Crippen molar-refractivity contribution in [2.45, 2.75) is 12.5 Å². The highest BCUT2D eigenvalue weighted by atomic mass is 35.5. The molecule has 1 aromatic heterocycles. The third-order valence-corrected chi connectivity index (χ3v) is 9.07. The smallest absolute Gasteiger partial charge is 0.279 e. The van der Waals surface area contributed by atoms with Crippen LogP contribution < -0.4 is 5.32 Å². The van der Waals surface area contributed by atoms with Crippen molar-refractivity contribution in [2.75, 3.05) is 16.8 Å². The molecule has 2 aromatic carbocycles. The third kappa shape index (κ3) is 4.24. The standard InChI is InChI=1S/C24H17ClN4O5S2/c25-19-20(24(32)29(23(19)31)15-9-10-36(33,34)12-15)27-14-7-5-13(6-8-14)21(30)16(11-26)22-28-17-3-1-2-4-18(17)35-22/h1-8,15,27,30H,9-10,12H2/b21-16-. The van der Waals surface area contributed by atoms with Crippen molar-refractivity contribution in [3.8, 4) is 6.07 Å². The Kier molecular flexibility index (Phi) is 6.04. The molecule has 2 aliphatic heterocycles. The molecule has 0 aliphatic carbocycles. The minimum Gasteiger partial charge on any atom is -0.506 e. The molecule has 2 N–H and O–H groups in total. The molecule has 12 heteroatoms. The Morgan fingerprint density at radius 1 is 1.17 bits per heavy atom. The van der Waals surface area contributed by atoms with Crippen LogP contribution >= 0.6 is 22.9 Å². The fraction of sp³-hybridized carbons (Fsp3) is 0.167. The second-order valence-corrected chi connectivity index (χ2v) is 11.9. The maximum Gasteiger partial charge on any atom is 0.279 e. The van der Waals surface area contributed by atoms with Gasteiger partial charge in [0.15, 0.2) is 9.84 Å². The minimum absolute atomic E-state index is 0.0291. The van der Waals surface area contributed by atoms with Crippen molar-refractivity contribution in [3.05, 3.63) is 69.8 Å². The van der Waals surface area contributed by atoms with Crippen LogP contribution in [0.5, 0.6) is 0 Å². The third-order valence-electron chi connectivity index (χ3n) is 5.92. The summed E-state index contributed by atoms with van der Waals surface area (Å²) in [6, 6.07) is 14.9. The molecule has 0 bridgehead atoms. The van der Waals surface area contributed by atoms with E-state index in [9.17, 15) is 28.4 Å². The van der Waals surface area contributed by atoms with Gasteiger partial charge in [-0.15, -0.1) is 11.3 Å². The molecule has 1 unspecified atom stereocenters. The summed E-state index contributed by atoms with van der Waals surface area (Å²) in [5.74, 6) is -2.05. The lowest BCUT2D eigenvalue weighted by molar-refractivity contribution is -0.139. The number of halogens is 1. The lowest BCUT2D eigenvalue weighted by Crippen LogP contribution is -2.42. The van der Waals surface area contributed by atoms with Gasteiger partial charge >= 0.3 is 0 Å². The minimum atomic E-state index is -3.31. The monoisotopic (exact) mass is 540 g/mol. The van der Waals surface area contributed by atoms with Crippen LogP contribution in [0.2, 0.25) is 0 Å². The van der Waals surface area contributed by atoms with E-state index in [1.807, 2.05) is 30.3 Å². The number of hydrogen-bond acceptors (Lipinski definition) is 9. The number of para-hydroxylation sites is 1. The quantitative estimate of drug-likeness (QED) is 0.284. The summed E-state index contributed by atoms with van der Waals surface area (Å²) in [6.07, 6.45) is 0.174. The number of aromatic nitrogens is 1. The predicted octanol–water partition coefficient (Wildman–Crippen LogP) is 3.66. The van der Waals surface area contributed by atoms with E-state index in [4.69, 9.17) is 11.6 Å². The molecule has 1 saturated heterocycles. The number of carbonyl (C=O) groups excluding carboxylic acids is 2. The van der Waals surface area contributed by atoms with Crippen LogP contribution in [0, 0.1) is 11.3 Å². The SMILES string of the molecule is N#C/C(=C(/O)c1ccc(NC2=C(Cl)C(=O)N(C3CCS(=O)(=O)C3)C2=O)cc1)c1nc2ccccc2s1. The fourth-order valence-electron chi connectivity index (χ4n) is 4.12. The summed E-state index contributed by atoms with van der Waals surface area (Å²) in [4.78, 5) is 30.8. The summed E-state index contributed by atoms with van der Waals surface area (Å²) in [6.45, 7) is 0. The van der Waals surface area contributed by atoms with Crippen molar-refractivity contribution in [1.82, 2.24) is 9.88 Å². The first kappa shape index (κ1) is 24.0. The van der Waals surface area contributed by atoms with E-state index >= 15 is 0 Å². The Hall–Kier alpha value is -3.72. The second kappa shape index (κ2) is 9.05. The van der Waals surface area contributed by atoms with Gasteiger partial charge in [-0.05, 0) is 42.8 Å². The number of benzene rings is 2. The first-order valence-electron chi connectivity index (χ1n) is 10.7. The maximum absolute atomic E-state index is 12.9. The van der Waals surface area contributed by atoms with E-state index in [1.165, 1.54) is 11.3 Å². The number of aliphatic hydroxyl groups is 1. The van der Waals surface area contributed by atoms with E-state index in [-0.39, 0.29) is 40.0 Å². The van der Waals surface area contributed by atoms with E-state index < -0.39 is 27.7 Å². The number of rotatable bonds is 5. The highest BCUT2D eigenvalue weighted by Crippen LogP contribution is 2.33. The van der Waals surface area contributed by atoms with Crippen LogP contribution in [-0.4, -0.2) is 52.8 Å². The van der Waals surface area contributed by atoms with Crippen molar-refractivity contribution in [3.63, 3.8) is 0 Å². The molecular weight excluding hydrogens is 524 g/mol. The first-order valence-corrected chi connectivity index (χ1v) is 13.7. The molecule has 182 valence electrons. The number of allylic oxidation sites excluding steroid dienone is 1. The van der Waals surface area contributed by atoms with Gasteiger partial charge in [-0.2, -0.15) is 5.26 Å². The van der Waals surface area contributed by atoms with Crippen LogP contribution in [0.15, 0.2) is 59.3 Å². The van der Waals surface area contributed by atoms with Gasteiger partial charge in [0.2, 0.25) is 0 Å². The Labute approximate surface area is 214 Å². The molecule has 1 fully saturated rings. The van der Waals surface area contributed by atoms with Crippen molar-refractivity contribution >= 4 is 71.8 Å². The van der Waals surface area contributed by atoms with Crippen molar-refractivity contribution < 1.29 is 23.1 Å². The predicted molar refractivity (Wildman–Crippen MR) is 137 cm³/mol. The molecule has 0 saturated carbocycles. The number of nitrogens with zero attached hydrogens (tertiary/aromatic N) is 3. The van der Waals surface area contributed by atoms with Crippen molar-refractivity contribution in [1.29, 1.82) is 5.26 Å². The number of sulfone groups is 1. The maximum atomic E-state index is 12.9. The second-order valence-electron chi connectivity index (χ2n) is 8.25. The van der Waals surface area contributed by atoms with Crippen LogP contribution in [0.3, 0.4) is 0 Å². The molecule has 9 nitrogen and oxygen atoms in total. The normalized spacial score (nSPS) is 20.1. The van der Waals surface area contributed by atoms with E-state index in [2.05, 4.69) is 10.3 Å². The molecule has 36 heavy (non-hydrogen) atoms. The van der Waals surface area contributed by atoms with Gasteiger partial charge in [-0.3, -0.25) is 14.5 Å². The largest absolute Gasteiger partial charge is 0.506 e.